The van der Waals surface area contributed by atoms with Gasteiger partial charge >= 0.3 is 11.8 Å². The van der Waals surface area contributed by atoms with Crippen molar-refractivity contribution in [3.63, 3.8) is 0 Å². The molecule has 2 N–H and O–H groups in total. The van der Waals surface area contributed by atoms with Crippen LogP contribution in [0.3, 0.4) is 0 Å². The van der Waals surface area contributed by atoms with Crippen LogP contribution in [0.25, 0.3) is 0 Å². The lowest BCUT2D eigenvalue weighted by atomic mass is 10.1. The predicted octanol–water partition coefficient (Wildman–Crippen LogP) is 2.80. The highest BCUT2D eigenvalue weighted by atomic mass is 16.6. The molecular weight excluding hydrogens is 326 g/mol. The topological polar surface area (TPSA) is 111 Å². The molecule has 0 heterocycles. The predicted molar refractivity (Wildman–Crippen MR) is 92.8 cm³/mol. The van der Waals surface area contributed by atoms with E-state index in [2.05, 4.69) is 10.6 Å². The standard InChI is InChI=1S/C17H17N3O5/c1-10-4-5-11(2)14(8-10)19-17(22)16(21)18-13-7-6-12(20(23)24)9-15(13)25-3/h4-9H,1-3H3,(H,18,21)(H,19,22). The maximum atomic E-state index is 12.1. The molecule has 2 aromatic rings. The lowest BCUT2D eigenvalue weighted by Gasteiger charge is -2.11. The Morgan fingerprint density at radius 1 is 1.00 bits per heavy atom. The van der Waals surface area contributed by atoms with Crippen molar-refractivity contribution in [1.82, 2.24) is 0 Å². The van der Waals surface area contributed by atoms with Crippen molar-refractivity contribution in [1.29, 1.82) is 0 Å². The van der Waals surface area contributed by atoms with Gasteiger partial charge in [-0.3, -0.25) is 19.7 Å². The van der Waals surface area contributed by atoms with Crippen molar-refractivity contribution in [3.8, 4) is 5.75 Å². The number of aryl methyl sites for hydroxylation is 2. The van der Waals surface area contributed by atoms with Crippen LogP contribution < -0.4 is 15.4 Å². The third-order valence-corrected chi connectivity index (χ3v) is 3.49. The molecule has 130 valence electrons. The Morgan fingerprint density at radius 2 is 1.64 bits per heavy atom. The number of carbonyl (C=O) groups excluding carboxylic acids is 2. The van der Waals surface area contributed by atoms with Crippen LogP contribution in [0, 0.1) is 24.0 Å². The van der Waals surface area contributed by atoms with Gasteiger partial charge in [0.1, 0.15) is 5.75 Å². The Bertz CT molecular complexity index is 848. The summed E-state index contributed by atoms with van der Waals surface area (Å²) in [6.07, 6.45) is 0. The number of amides is 2. The maximum absolute atomic E-state index is 12.1. The van der Waals surface area contributed by atoms with Gasteiger partial charge in [-0.15, -0.1) is 0 Å². The van der Waals surface area contributed by atoms with Crippen LogP contribution in [-0.2, 0) is 9.59 Å². The quantitative estimate of drug-likeness (QED) is 0.504. The molecule has 25 heavy (non-hydrogen) atoms. The minimum Gasteiger partial charge on any atom is -0.494 e. The summed E-state index contributed by atoms with van der Waals surface area (Å²) in [7, 11) is 1.31. The minimum absolute atomic E-state index is 0.0853. The van der Waals surface area contributed by atoms with Crippen molar-refractivity contribution in [2.24, 2.45) is 0 Å². The number of benzene rings is 2. The fourth-order valence-electron chi connectivity index (χ4n) is 2.13. The fourth-order valence-corrected chi connectivity index (χ4v) is 2.13. The van der Waals surface area contributed by atoms with E-state index in [1.54, 1.807) is 6.07 Å². The van der Waals surface area contributed by atoms with Crippen LogP contribution in [0.4, 0.5) is 17.1 Å². The molecular formula is C17H17N3O5. The zero-order valence-corrected chi connectivity index (χ0v) is 14.0. The van der Waals surface area contributed by atoms with Crippen LogP contribution in [0.2, 0.25) is 0 Å². The summed E-state index contributed by atoms with van der Waals surface area (Å²) < 4.78 is 5.02. The third-order valence-electron chi connectivity index (χ3n) is 3.49. The number of non-ortho nitro benzene ring substituents is 1. The van der Waals surface area contributed by atoms with Crippen LogP contribution in [0.5, 0.6) is 5.75 Å². The number of nitro benzene ring substituents is 1. The second-order valence-corrected chi connectivity index (χ2v) is 5.37. The number of methoxy groups -OCH3 is 1. The average Bonchev–Trinajstić information content (AvgIpc) is 2.58. The molecule has 0 aliphatic carbocycles. The smallest absolute Gasteiger partial charge is 0.314 e. The van der Waals surface area contributed by atoms with Crippen molar-refractivity contribution in [2.75, 3.05) is 17.7 Å². The Morgan fingerprint density at radius 3 is 2.24 bits per heavy atom. The van der Waals surface area contributed by atoms with E-state index in [9.17, 15) is 19.7 Å². The van der Waals surface area contributed by atoms with Crippen molar-refractivity contribution >= 4 is 28.9 Å². The van der Waals surface area contributed by atoms with Crippen LogP contribution in [-0.4, -0.2) is 23.8 Å². The van der Waals surface area contributed by atoms with Gasteiger partial charge in [-0.1, -0.05) is 12.1 Å². The van der Waals surface area contributed by atoms with E-state index in [-0.39, 0.29) is 17.1 Å². The summed E-state index contributed by atoms with van der Waals surface area (Å²) in [6.45, 7) is 3.68. The lowest BCUT2D eigenvalue weighted by Crippen LogP contribution is -2.29. The normalized spacial score (nSPS) is 10.0. The number of hydrogen-bond acceptors (Lipinski definition) is 5. The molecule has 0 fully saturated rings. The highest BCUT2D eigenvalue weighted by Crippen LogP contribution is 2.29. The first-order valence-electron chi connectivity index (χ1n) is 7.34. The van der Waals surface area contributed by atoms with Gasteiger partial charge in [0.2, 0.25) is 0 Å². The van der Waals surface area contributed by atoms with Gasteiger partial charge in [-0.05, 0) is 37.1 Å². The summed E-state index contributed by atoms with van der Waals surface area (Å²) in [6, 6.07) is 9.17. The zero-order chi connectivity index (χ0) is 18.6. The second kappa shape index (κ2) is 7.43. The van der Waals surface area contributed by atoms with E-state index in [1.807, 2.05) is 26.0 Å². The number of nitrogens with one attached hydrogen (secondary N) is 2. The molecule has 0 aromatic heterocycles. The maximum Gasteiger partial charge on any atom is 0.314 e. The molecule has 2 amide bonds. The van der Waals surface area contributed by atoms with Crippen LogP contribution in [0.15, 0.2) is 36.4 Å². The number of ether oxygens (including phenoxy) is 1. The van der Waals surface area contributed by atoms with E-state index in [1.165, 1.54) is 19.2 Å². The molecule has 8 nitrogen and oxygen atoms in total. The van der Waals surface area contributed by atoms with Gasteiger partial charge in [0.15, 0.2) is 0 Å². The molecule has 2 aromatic carbocycles. The van der Waals surface area contributed by atoms with Crippen molar-refractivity contribution in [3.05, 3.63) is 57.6 Å². The Hall–Kier alpha value is -3.42. The summed E-state index contributed by atoms with van der Waals surface area (Å²) in [5.41, 5.74) is 2.28. The zero-order valence-electron chi connectivity index (χ0n) is 14.0. The number of carbonyl (C=O) groups is 2. The summed E-state index contributed by atoms with van der Waals surface area (Å²) in [4.78, 5) is 34.4. The number of rotatable bonds is 4. The molecule has 0 aliphatic heterocycles. The summed E-state index contributed by atoms with van der Waals surface area (Å²) in [5.74, 6) is -1.68. The molecule has 0 saturated carbocycles. The highest BCUT2D eigenvalue weighted by Gasteiger charge is 2.18. The van der Waals surface area contributed by atoms with E-state index >= 15 is 0 Å². The highest BCUT2D eigenvalue weighted by molar-refractivity contribution is 6.43. The van der Waals surface area contributed by atoms with E-state index in [0.717, 1.165) is 17.2 Å². The second-order valence-electron chi connectivity index (χ2n) is 5.37. The Labute approximate surface area is 144 Å². The molecule has 0 aliphatic rings. The molecule has 0 unspecified atom stereocenters. The number of nitrogens with zero attached hydrogens (tertiary/aromatic N) is 1. The molecule has 0 atom stereocenters. The van der Waals surface area contributed by atoms with Crippen molar-refractivity contribution < 1.29 is 19.2 Å². The molecule has 0 radical (unpaired) electrons. The molecule has 0 spiro atoms. The first kappa shape index (κ1) is 17.9. The number of anilines is 2. The Kier molecular flexibility index (Phi) is 5.33. The first-order chi connectivity index (χ1) is 11.8. The monoisotopic (exact) mass is 343 g/mol. The Balaban J connectivity index is 2.15. The first-order valence-corrected chi connectivity index (χ1v) is 7.34. The van der Waals surface area contributed by atoms with Gasteiger partial charge < -0.3 is 15.4 Å². The SMILES string of the molecule is COc1cc([N+](=O)[O-])ccc1NC(=O)C(=O)Nc1cc(C)ccc1C. The number of nitro groups is 1. The van der Waals surface area contributed by atoms with Crippen molar-refractivity contribution in [2.45, 2.75) is 13.8 Å². The molecule has 2 rings (SSSR count). The van der Waals surface area contributed by atoms with Gasteiger partial charge in [-0.2, -0.15) is 0 Å². The molecule has 8 heteroatoms. The van der Waals surface area contributed by atoms with E-state index < -0.39 is 16.7 Å². The minimum atomic E-state index is -0.909. The van der Waals surface area contributed by atoms with E-state index in [0.29, 0.717) is 5.69 Å². The third kappa shape index (κ3) is 4.31. The number of hydrogen-bond donors (Lipinski definition) is 2. The summed E-state index contributed by atoms with van der Waals surface area (Å²) in [5, 5.41) is 15.7. The fraction of sp³-hybridized carbons (Fsp3) is 0.176. The van der Waals surface area contributed by atoms with Gasteiger partial charge in [0.25, 0.3) is 5.69 Å². The van der Waals surface area contributed by atoms with E-state index in [4.69, 9.17) is 4.74 Å². The van der Waals surface area contributed by atoms with Gasteiger partial charge in [0.05, 0.1) is 23.8 Å². The summed E-state index contributed by atoms with van der Waals surface area (Å²) >= 11 is 0. The lowest BCUT2D eigenvalue weighted by molar-refractivity contribution is -0.384. The largest absolute Gasteiger partial charge is 0.494 e. The van der Waals surface area contributed by atoms with Crippen LogP contribution in [0.1, 0.15) is 11.1 Å². The average molecular weight is 343 g/mol. The van der Waals surface area contributed by atoms with Gasteiger partial charge in [0, 0.05) is 11.8 Å². The molecule has 0 bridgehead atoms. The van der Waals surface area contributed by atoms with Gasteiger partial charge in [-0.25, -0.2) is 0 Å². The van der Waals surface area contributed by atoms with Crippen LogP contribution >= 0.6 is 0 Å². The molecule has 0 saturated heterocycles.